The fraction of sp³-hybridized carbons (Fsp3) is 0.417. The van der Waals surface area contributed by atoms with E-state index in [1.807, 2.05) is 31.2 Å². The molecule has 1 aromatic carbocycles. The van der Waals surface area contributed by atoms with E-state index in [4.69, 9.17) is 9.47 Å². The van der Waals surface area contributed by atoms with Gasteiger partial charge in [0.25, 0.3) is 0 Å². The highest BCUT2D eigenvalue weighted by Gasteiger charge is 2.31. The van der Waals surface area contributed by atoms with Crippen LogP contribution in [0.1, 0.15) is 18.6 Å². The summed E-state index contributed by atoms with van der Waals surface area (Å²) in [4.78, 5) is 12.9. The number of benzene rings is 1. The van der Waals surface area contributed by atoms with Crippen LogP contribution in [0.2, 0.25) is 0 Å². The molecule has 0 bridgehead atoms. The summed E-state index contributed by atoms with van der Waals surface area (Å²) in [6.45, 7) is 3.11. The smallest absolute Gasteiger partial charge is 0.410 e. The minimum absolute atomic E-state index is 0.222. The third kappa shape index (κ3) is 1.96. The van der Waals surface area contributed by atoms with Crippen molar-refractivity contribution in [2.24, 2.45) is 0 Å². The molecule has 1 unspecified atom stereocenters. The van der Waals surface area contributed by atoms with Gasteiger partial charge in [-0.05, 0) is 13.0 Å². The molecule has 4 heteroatoms. The van der Waals surface area contributed by atoms with Gasteiger partial charge in [-0.25, -0.2) is 4.79 Å². The van der Waals surface area contributed by atoms with Crippen molar-refractivity contribution in [3.8, 4) is 5.75 Å². The van der Waals surface area contributed by atoms with E-state index in [0.717, 1.165) is 11.3 Å². The Hall–Kier alpha value is -1.71. The molecule has 86 valence electrons. The summed E-state index contributed by atoms with van der Waals surface area (Å²) in [6, 6.07) is 7.66. The van der Waals surface area contributed by atoms with Crippen LogP contribution in [0.15, 0.2) is 24.3 Å². The zero-order valence-electron chi connectivity index (χ0n) is 9.47. The van der Waals surface area contributed by atoms with Gasteiger partial charge in [0.15, 0.2) is 0 Å². The molecule has 1 fully saturated rings. The number of likely N-dealkylation sites (N-methyl/N-ethyl adjacent to an activating group) is 1. The zero-order chi connectivity index (χ0) is 11.5. The molecule has 0 N–H and O–H groups in total. The maximum Gasteiger partial charge on any atom is 0.410 e. The number of carbonyl (C=O) groups excluding carboxylic acids is 1. The van der Waals surface area contributed by atoms with Crippen LogP contribution in [-0.2, 0) is 4.74 Å². The van der Waals surface area contributed by atoms with Crippen molar-refractivity contribution in [2.75, 3.05) is 20.2 Å². The average Bonchev–Trinajstić information content (AvgIpc) is 2.60. The van der Waals surface area contributed by atoms with Crippen LogP contribution >= 0.6 is 0 Å². The minimum Gasteiger partial charge on any atom is -0.493 e. The molecule has 4 nitrogen and oxygen atoms in total. The number of carbonyl (C=O) groups is 1. The van der Waals surface area contributed by atoms with E-state index >= 15 is 0 Å². The Morgan fingerprint density at radius 3 is 2.88 bits per heavy atom. The number of ether oxygens (including phenoxy) is 2. The van der Waals surface area contributed by atoms with Crippen LogP contribution in [-0.4, -0.2) is 31.2 Å². The van der Waals surface area contributed by atoms with Gasteiger partial charge < -0.3 is 14.4 Å². The lowest BCUT2D eigenvalue weighted by Gasteiger charge is -2.13. The number of nitrogens with zero attached hydrogens (tertiary/aromatic N) is 1. The predicted molar refractivity (Wildman–Crippen MR) is 59.5 cm³/mol. The van der Waals surface area contributed by atoms with Crippen LogP contribution < -0.4 is 4.74 Å². The van der Waals surface area contributed by atoms with Gasteiger partial charge in [0, 0.05) is 12.6 Å². The maximum atomic E-state index is 11.3. The van der Waals surface area contributed by atoms with Crippen molar-refractivity contribution in [1.29, 1.82) is 0 Å². The topological polar surface area (TPSA) is 38.8 Å². The predicted octanol–water partition coefficient (Wildman–Crippen LogP) is 2.21. The van der Waals surface area contributed by atoms with Crippen LogP contribution in [0.3, 0.4) is 0 Å². The first-order valence-electron chi connectivity index (χ1n) is 5.36. The van der Waals surface area contributed by atoms with Crippen LogP contribution in [0.4, 0.5) is 4.79 Å². The fourth-order valence-electron chi connectivity index (χ4n) is 1.77. The third-order valence-corrected chi connectivity index (χ3v) is 2.56. The first kappa shape index (κ1) is 10.8. The standard InChI is InChI=1S/C12H15NO3/c1-3-15-10-7-5-4-6-9(10)11-8-13(2)12(14)16-11/h4-7,11H,3,8H2,1-2H3. The lowest BCUT2D eigenvalue weighted by molar-refractivity contribution is 0.133. The molecule has 1 atom stereocenters. The second-order valence-electron chi connectivity index (χ2n) is 3.72. The number of hydrogen-bond donors (Lipinski definition) is 0. The van der Waals surface area contributed by atoms with E-state index in [2.05, 4.69) is 0 Å². The number of cyclic esters (lactones) is 1. The van der Waals surface area contributed by atoms with Gasteiger partial charge in [-0.1, -0.05) is 18.2 Å². The Morgan fingerprint density at radius 1 is 1.50 bits per heavy atom. The monoisotopic (exact) mass is 221 g/mol. The molecular weight excluding hydrogens is 206 g/mol. The first-order valence-corrected chi connectivity index (χ1v) is 5.36. The van der Waals surface area contributed by atoms with E-state index in [0.29, 0.717) is 13.2 Å². The second kappa shape index (κ2) is 4.43. The molecule has 16 heavy (non-hydrogen) atoms. The first-order chi connectivity index (χ1) is 7.72. The highest BCUT2D eigenvalue weighted by atomic mass is 16.6. The Bertz CT molecular complexity index is 392. The Kier molecular flexibility index (Phi) is 2.99. The summed E-state index contributed by atoms with van der Waals surface area (Å²) < 4.78 is 10.8. The number of amides is 1. The maximum absolute atomic E-state index is 11.3. The van der Waals surface area contributed by atoms with Gasteiger partial charge in [-0.15, -0.1) is 0 Å². The number of rotatable bonds is 3. The van der Waals surface area contributed by atoms with E-state index in [-0.39, 0.29) is 12.2 Å². The molecule has 1 aliphatic heterocycles. The molecule has 1 aromatic rings. The van der Waals surface area contributed by atoms with Gasteiger partial charge in [0.2, 0.25) is 0 Å². The molecule has 0 aliphatic carbocycles. The molecule has 1 saturated heterocycles. The molecule has 1 amide bonds. The summed E-state index contributed by atoms with van der Waals surface area (Å²) in [5, 5.41) is 0. The van der Waals surface area contributed by atoms with E-state index in [1.165, 1.54) is 0 Å². The summed E-state index contributed by atoms with van der Waals surface area (Å²) in [5.41, 5.74) is 0.932. The SMILES string of the molecule is CCOc1ccccc1C1CN(C)C(=O)O1. The highest BCUT2D eigenvalue weighted by Crippen LogP contribution is 2.31. The summed E-state index contributed by atoms with van der Waals surface area (Å²) in [5.74, 6) is 0.790. The quantitative estimate of drug-likeness (QED) is 0.785. The fourth-order valence-corrected chi connectivity index (χ4v) is 1.77. The Morgan fingerprint density at radius 2 is 2.25 bits per heavy atom. The van der Waals surface area contributed by atoms with E-state index in [1.54, 1.807) is 11.9 Å². The molecular formula is C12H15NO3. The Balaban J connectivity index is 2.23. The molecule has 1 aliphatic rings. The second-order valence-corrected chi connectivity index (χ2v) is 3.72. The highest BCUT2D eigenvalue weighted by molar-refractivity contribution is 5.70. The van der Waals surface area contributed by atoms with Crippen molar-refractivity contribution < 1.29 is 14.3 Å². The van der Waals surface area contributed by atoms with Crippen LogP contribution in [0.5, 0.6) is 5.75 Å². The average molecular weight is 221 g/mol. The van der Waals surface area contributed by atoms with Crippen molar-refractivity contribution in [1.82, 2.24) is 4.90 Å². The molecule has 0 radical (unpaired) electrons. The van der Waals surface area contributed by atoms with E-state index in [9.17, 15) is 4.79 Å². The minimum atomic E-state index is -0.281. The summed E-state index contributed by atoms with van der Waals surface area (Å²) >= 11 is 0. The molecule has 0 spiro atoms. The number of hydrogen-bond acceptors (Lipinski definition) is 3. The van der Waals surface area contributed by atoms with Gasteiger partial charge in [0.05, 0.1) is 13.2 Å². The van der Waals surface area contributed by atoms with Crippen molar-refractivity contribution in [2.45, 2.75) is 13.0 Å². The molecule has 1 heterocycles. The van der Waals surface area contributed by atoms with Gasteiger partial charge in [0.1, 0.15) is 11.9 Å². The zero-order valence-corrected chi connectivity index (χ0v) is 9.47. The van der Waals surface area contributed by atoms with E-state index < -0.39 is 0 Å². The summed E-state index contributed by atoms with van der Waals surface area (Å²) in [7, 11) is 1.73. The van der Waals surface area contributed by atoms with Gasteiger partial charge in [-0.2, -0.15) is 0 Å². The van der Waals surface area contributed by atoms with Crippen molar-refractivity contribution in [3.05, 3.63) is 29.8 Å². The summed E-state index contributed by atoms with van der Waals surface area (Å²) in [6.07, 6.45) is -0.503. The number of para-hydroxylation sites is 1. The molecule has 0 aromatic heterocycles. The van der Waals surface area contributed by atoms with Crippen molar-refractivity contribution in [3.63, 3.8) is 0 Å². The third-order valence-electron chi connectivity index (χ3n) is 2.56. The lowest BCUT2D eigenvalue weighted by Crippen LogP contribution is -2.17. The van der Waals surface area contributed by atoms with Gasteiger partial charge in [-0.3, -0.25) is 0 Å². The lowest BCUT2D eigenvalue weighted by atomic mass is 10.1. The van der Waals surface area contributed by atoms with Crippen LogP contribution in [0.25, 0.3) is 0 Å². The Labute approximate surface area is 94.8 Å². The normalized spacial score (nSPS) is 19.8. The largest absolute Gasteiger partial charge is 0.493 e. The van der Waals surface area contributed by atoms with Crippen molar-refractivity contribution >= 4 is 6.09 Å². The molecule has 2 rings (SSSR count). The molecule has 0 saturated carbocycles. The van der Waals surface area contributed by atoms with Crippen LogP contribution in [0, 0.1) is 0 Å². The van der Waals surface area contributed by atoms with Gasteiger partial charge >= 0.3 is 6.09 Å².